The molecule has 0 aliphatic heterocycles. The zero-order valence-corrected chi connectivity index (χ0v) is 21.3. The molecule has 9 nitrogen and oxygen atoms in total. The quantitative estimate of drug-likeness (QED) is 0.363. The number of nitrogens with one attached hydrogen (secondary N) is 2. The summed E-state index contributed by atoms with van der Waals surface area (Å²) in [6, 6.07) is 7.31. The summed E-state index contributed by atoms with van der Waals surface area (Å²) in [4.78, 5) is 38.5. The van der Waals surface area contributed by atoms with Crippen molar-refractivity contribution in [2.45, 2.75) is 51.9 Å². The molecule has 36 heavy (non-hydrogen) atoms. The number of amides is 2. The summed E-state index contributed by atoms with van der Waals surface area (Å²) in [5, 5.41) is 14.5. The van der Waals surface area contributed by atoms with E-state index >= 15 is 0 Å². The third-order valence-electron chi connectivity index (χ3n) is 6.83. The van der Waals surface area contributed by atoms with Crippen LogP contribution in [0, 0.1) is 11.8 Å². The first kappa shape index (κ1) is 25.6. The number of hydrogen-bond acceptors (Lipinski definition) is 5. The van der Waals surface area contributed by atoms with Crippen molar-refractivity contribution in [3.8, 4) is 11.3 Å². The minimum absolute atomic E-state index is 0.108. The van der Waals surface area contributed by atoms with Gasteiger partial charge in [0.25, 0.3) is 5.91 Å². The van der Waals surface area contributed by atoms with Crippen molar-refractivity contribution in [1.82, 2.24) is 20.0 Å². The maximum Gasteiger partial charge on any atom is 0.269 e. The number of nitrogens with two attached hydrogens (primary N) is 1. The van der Waals surface area contributed by atoms with E-state index in [1.807, 2.05) is 12.1 Å². The molecule has 1 aliphatic carbocycles. The van der Waals surface area contributed by atoms with E-state index in [0.29, 0.717) is 23.4 Å². The number of primary amides is 1. The molecule has 1 aromatic carbocycles. The van der Waals surface area contributed by atoms with Crippen LogP contribution in [0.5, 0.6) is 0 Å². The summed E-state index contributed by atoms with van der Waals surface area (Å²) in [5.74, 6) is -2.23. The molecule has 1 saturated carbocycles. The van der Waals surface area contributed by atoms with Crippen LogP contribution in [0.15, 0.2) is 30.5 Å². The molecule has 1 fully saturated rings. The van der Waals surface area contributed by atoms with E-state index < -0.39 is 17.7 Å². The molecular formula is C26H31ClN6O3. The van der Waals surface area contributed by atoms with Crippen molar-refractivity contribution < 1.29 is 14.4 Å². The SMILES string of the molecule is CCCCc1cc(-c2ccc(C(=O)C3CCCCC3C(=O)Nc3cnn(C)c3C(N)=O)c(Cl)c2)n[nH]1. The zero-order valence-electron chi connectivity index (χ0n) is 20.5. The Morgan fingerprint density at radius 3 is 2.64 bits per heavy atom. The van der Waals surface area contributed by atoms with Gasteiger partial charge in [-0.3, -0.25) is 24.2 Å². The maximum atomic E-state index is 13.6. The van der Waals surface area contributed by atoms with Crippen LogP contribution in [0.1, 0.15) is 72.0 Å². The van der Waals surface area contributed by atoms with Gasteiger partial charge >= 0.3 is 0 Å². The van der Waals surface area contributed by atoms with Crippen LogP contribution >= 0.6 is 11.6 Å². The van der Waals surface area contributed by atoms with Gasteiger partial charge in [0.05, 0.1) is 22.6 Å². The number of anilines is 1. The summed E-state index contributed by atoms with van der Waals surface area (Å²) in [5.41, 5.74) is 8.84. The number of hydrogen-bond donors (Lipinski definition) is 3. The third-order valence-corrected chi connectivity index (χ3v) is 7.14. The number of aromatic amines is 1. The summed E-state index contributed by atoms with van der Waals surface area (Å²) >= 11 is 6.58. The Kier molecular flexibility index (Phi) is 7.88. The molecule has 3 aromatic rings. The van der Waals surface area contributed by atoms with E-state index in [1.165, 1.54) is 10.9 Å². The molecule has 2 atom stereocenters. The van der Waals surface area contributed by atoms with E-state index in [0.717, 1.165) is 49.1 Å². The minimum Gasteiger partial charge on any atom is -0.364 e. The highest BCUT2D eigenvalue weighted by atomic mass is 35.5. The smallest absolute Gasteiger partial charge is 0.269 e. The van der Waals surface area contributed by atoms with E-state index in [2.05, 4.69) is 27.5 Å². The molecule has 190 valence electrons. The molecule has 1 aliphatic rings. The molecular weight excluding hydrogens is 480 g/mol. The predicted molar refractivity (Wildman–Crippen MR) is 138 cm³/mol. The molecule has 0 radical (unpaired) electrons. The number of aryl methyl sites for hydroxylation is 2. The highest BCUT2D eigenvalue weighted by Gasteiger charge is 2.37. The number of halogens is 1. The minimum atomic E-state index is -0.692. The Morgan fingerprint density at radius 2 is 1.94 bits per heavy atom. The number of rotatable bonds is 9. The molecule has 2 unspecified atom stereocenters. The first-order chi connectivity index (χ1) is 17.3. The van der Waals surface area contributed by atoms with Crippen molar-refractivity contribution in [2.75, 3.05) is 5.32 Å². The van der Waals surface area contributed by atoms with Crippen molar-refractivity contribution >= 4 is 34.9 Å². The van der Waals surface area contributed by atoms with Gasteiger partial charge in [-0.05, 0) is 43.9 Å². The van der Waals surface area contributed by atoms with Crippen LogP contribution in [-0.4, -0.2) is 37.6 Å². The van der Waals surface area contributed by atoms with Gasteiger partial charge in [-0.25, -0.2) is 0 Å². The lowest BCUT2D eigenvalue weighted by atomic mass is 9.75. The van der Waals surface area contributed by atoms with Crippen molar-refractivity contribution in [3.05, 3.63) is 52.4 Å². The highest BCUT2D eigenvalue weighted by Crippen LogP contribution is 2.36. The topological polar surface area (TPSA) is 136 Å². The lowest BCUT2D eigenvalue weighted by Gasteiger charge is -2.29. The average Bonchev–Trinajstić information content (AvgIpc) is 3.48. The molecule has 4 N–H and O–H groups in total. The Hall–Kier alpha value is -3.46. The number of carbonyl (C=O) groups is 3. The summed E-state index contributed by atoms with van der Waals surface area (Å²) in [6.07, 6.45) is 7.34. The number of aromatic nitrogens is 4. The number of Topliss-reactive ketones (excluding diaryl/α,β-unsaturated/α-hetero) is 1. The second-order valence-corrected chi connectivity index (χ2v) is 9.73. The summed E-state index contributed by atoms with van der Waals surface area (Å²) < 4.78 is 1.31. The molecule has 4 rings (SSSR count). The normalized spacial score (nSPS) is 17.6. The van der Waals surface area contributed by atoms with Crippen LogP contribution in [-0.2, 0) is 18.3 Å². The largest absolute Gasteiger partial charge is 0.364 e. The fraction of sp³-hybridized carbons (Fsp3) is 0.423. The molecule has 0 spiro atoms. The first-order valence-electron chi connectivity index (χ1n) is 12.3. The number of unbranched alkanes of at least 4 members (excludes halogenated alkanes) is 1. The highest BCUT2D eigenvalue weighted by molar-refractivity contribution is 6.34. The standard InChI is InChI=1S/C26H31ClN6O3/c1-3-4-7-16-13-21(32-31-16)15-10-11-19(20(27)12-15)24(34)17-8-5-6-9-18(17)26(36)30-22-14-29-33(2)23(22)25(28)35/h10-14,17-18H,3-9H2,1-2H3,(H2,28,35)(H,30,36)(H,31,32). The summed E-state index contributed by atoms with van der Waals surface area (Å²) in [6.45, 7) is 2.14. The van der Waals surface area contributed by atoms with E-state index in [-0.39, 0.29) is 23.1 Å². The summed E-state index contributed by atoms with van der Waals surface area (Å²) in [7, 11) is 1.57. The lowest BCUT2D eigenvalue weighted by Crippen LogP contribution is -2.36. The van der Waals surface area contributed by atoms with Crippen LogP contribution in [0.4, 0.5) is 5.69 Å². The van der Waals surface area contributed by atoms with Crippen molar-refractivity contribution in [2.24, 2.45) is 24.6 Å². The van der Waals surface area contributed by atoms with Gasteiger partial charge < -0.3 is 11.1 Å². The molecule has 0 saturated heterocycles. The molecule has 2 aromatic heterocycles. The monoisotopic (exact) mass is 510 g/mol. The van der Waals surface area contributed by atoms with E-state index in [4.69, 9.17) is 17.3 Å². The molecule has 0 bridgehead atoms. The van der Waals surface area contributed by atoms with Crippen LogP contribution in [0.2, 0.25) is 5.02 Å². The van der Waals surface area contributed by atoms with Gasteiger partial charge in [0.15, 0.2) is 5.78 Å². The maximum absolute atomic E-state index is 13.6. The predicted octanol–water partition coefficient (Wildman–Crippen LogP) is 4.53. The zero-order chi connectivity index (χ0) is 25.8. The second kappa shape index (κ2) is 11.1. The van der Waals surface area contributed by atoms with Gasteiger partial charge in [0.2, 0.25) is 5.91 Å². The van der Waals surface area contributed by atoms with Crippen molar-refractivity contribution in [1.29, 1.82) is 0 Å². The lowest BCUT2D eigenvalue weighted by molar-refractivity contribution is -0.122. The van der Waals surface area contributed by atoms with E-state index in [1.54, 1.807) is 19.2 Å². The van der Waals surface area contributed by atoms with Gasteiger partial charge in [0, 0.05) is 35.7 Å². The fourth-order valence-electron chi connectivity index (χ4n) is 4.88. The number of nitrogens with zero attached hydrogens (tertiary/aromatic N) is 3. The Morgan fingerprint density at radius 1 is 1.19 bits per heavy atom. The number of ketones is 1. The molecule has 2 amide bonds. The Bertz CT molecular complexity index is 1280. The van der Waals surface area contributed by atoms with E-state index in [9.17, 15) is 14.4 Å². The second-order valence-electron chi connectivity index (χ2n) is 9.32. The number of benzene rings is 1. The first-order valence-corrected chi connectivity index (χ1v) is 12.7. The molecule has 2 heterocycles. The van der Waals surface area contributed by atoms with Crippen LogP contribution in [0.3, 0.4) is 0 Å². The molecule has 10 heteroatoms. The van der Waals surface area contributed by atoms with Crippen LogP contribution < -0.4 is 11.1 Å². The number of H-pyrrole nitrogens is 1. The Balaban J connectivity index is 1.52. The van der Waals surface area contributed by atoms with Crippen LogP contribution in [0.25, 0.3) is 11.3 Å². The van der Waals surface area contributed by atoms with Gasteiger partial charge in [-0.2, -0.15) is 10.2 Å². The number of carbonyl (C=O) groups excluding carboxylic acids is 3. The third kappa shape index (κ3) is 5.36. The van der Waals surface area contributed by atoms with Crippen molar-refractivity contribution in [3.63, 3.8) is 0 Å². The van der Waals surface area contributed by atoms with Gasteiger partial charge in [-0.1, -0.05) is 43.9 Å². The fourth-order valence-corrected chi connectivity index (χ4v) is 5.16. The Labute approximate surface area is 214 Å². The average molecular weight is 511 g/mol. The van der Waals surface area contributed by atoms with Gasteiger partial charge in [0.1, 0.15) is 5.69 Å². The van der Waals surface area contributed by atoms with Gasteiger partial charge in [-0.15, -0.1) is 0 Å².